The fourth-order valence-electron chi connectivity index (χ4n) is 1.29. The zero-order chi connectivity index (χ0) is 12.3. The van der Waals surface area contributed by atoms with Crippen LogP contribution in [-0.2, 0) is 5.75 Å². The third-order valence-electron chi connectivity index (χ3n) is 2.16. The highest BCUT2D eigenvalue weighted by Gasteiger charge is 2.03. The molecule has 0 spiro atoms. The number of halogens is 2. The average molecular weight is 269 g/mol. The second kappa shape index (κ2) is 5.38. The quantitative estimate of drug-likeness (QED) is 0.523. The van der Waals surface area contributed by atoms with Crippen LogP contribution in [0.4, 0.5) is 10.1 Å². The van der Waals surface area contributed by atoms with Crippen molar-refractivity contribution >= 4 is 29.1 Å². The molecule has 0 saturated carbocycles. The number of benzene rings is 1. The van der Waals surface area contributed by atoms with Crippen LogP contribution in [0.2, 0.25) is 5.15 Å². The number of hydrogen-bond donors (Lipinski definition) is 1. The van der Waals surface area contributed by atoms with Gasteiger partial charge in [0, 0.05) is 22.5 Å². The maximum Gasteiger partial charge on any atom is 0.129 e. The van der Waals surface area contributed by atoms with E-state index in [2.05, 4.69) is 4.98 Å². The Hall–Kier alpha value is -1.26. The second-order valence-corrected chi connectivity index (χ2v) is 4.86. The van der Waals surface area contributed by atoms with Crippen molar-refractivity contribution in [3.05, 3.63) is 53.1 Å². The van der Waals surface area contributed by atoms with Crippen LogP contribution in [0.15, 0.2) is 41.4 Å². The first-order valence-electron chi connectivity index (χ1n) is 4.93. The van der Waals surface area contributed by atoms with Gasteiger partial charge in [0.15, 0.2) is 0 Å². The number of nitrogens with zero attached hydrogens (tertiary/aromatic N) is 1. The van der Waals surface area contributed by atoms with E-state index in [4.69, 9.17) is 17.3 Å². The van der Waals surface area contributed by atoms with E-state index in [1.807, 2.05) is 6.07 Å². The van der Waals surface area contributed by atoms with Crippen LogP contribution in [0.1, 0.15) is 5.56 Å². The molecule has 0 fully saturated rings. The first-order valence-corrected chi connectivity index (χ1v) is 6.30. The molecule has 2 rings (SSSR count). The Kier molecular flexibility index (Phi) is 3.86. The first-order chi connectivity index (χ1) is 8.15. The zero-order valence-electron chi connectivity index (χ0n) is 8.86. The summed E-state index contributed by atoms with van der Waals surface area (Å²) in [4.78, 5) is 4.71. The third-order valence-corrected chi connectivity index (χ3v) is 3.52. The van der Waals surface area contributed by atoms with Gasteiger partial charge in [-0.15, -0.1) is 11.8 Å². The van der Waals surface area contributed by atoms with Gasteiger partial charge in [-0.05, 0) is 29.8 Å². The maximum absolute atomic E-state index is 13.0. The van der Waals surface area contributed by atoms with Crippen molar-refractivity contribution in [2.45, 2.75) is 10.6 Å². The van der Waals surface area contributed by atoms with Gasteiger partial charge >= 0.3 is 0 Å². The highest BCUT2D eigenvalue weighted by Crippen LogP contribution is 2.28. The van der Waals surface area contributed by atoms with Crippen LogP contribution in [0.25, 0.3) is 0 Å². The molecule has 0 aliphatic heterocycles. The van der Waals surface area contributed by atoms with Gasteiger partial charge in [0.1, 0.15) is 11.0 Å². The number of nitrogens with two attached hydrogens (primary N) is 1. The average Bonchev–Trinajstić information content (AvgIpc) is 2.32. The van der Waals surface area contributed by atoms with Crippen LogP contribution < -0.4 is 5.73 Å². The fraction of sp³-hybridized carbons (Fsp3) is 0.0833. The molecule has 1 aromatic carbocycles. The van der Waals surface area contributed by atoms with Gasteiger partial charge < -0.3 is 5.73 Å². The molecule has 0 saturated heterocycles. The van der Waals surface area contributed by atoms with Crippen molar-refractivity contribution in [3.8, 4) is 0 Å². The molecule has 1 aromatic heterocycles. The molecule has 0 amide bonds. The lowest BCUT2D eigenvalue weighted by atomic mass is 10.3. The molecular formula is C12H10ClFN2S. The Labute approximate surface area is 108 Å². The number of thioether (sulfide) groups is 1. The van der Waals surface area contributed by atoms with Crippen LogP contribution in [-0.4, -0.2) is 4.98 Å². The minimum Gasteiger partial charge on any atom is -0.398 e. The van der Waals surface area contributed by atoms with Crippen LogP contribution >= 0.6 is 23.4 Å². The summed E-state index contributed by atoms with van der Waals surface area (Å²) in [5, 5.41) is 0.462. The standard InChI is InChI=1S/C12H10ClFN2S/c13-12-4-1-8(6-16-12)7-17-11-5-9(14)2-3-10(11)15/h1-6H,7,15H2. The summed E-state index contributed by atoms with van der Waals surface area (Å²) in [5.41, 5.74) is 7.35. The zero-order valence-corrected chi connectivity index (χ0v) is 10.4. The molecule has 5 heteroatoms. The van der Waals surface area contributed by atoms with E-state index >= 15 is 0 Å². The molecule has 0 bridgehead atoms. The summed E-state index contributed by atoms with van der Waals surface area (Å²) in [6.07, 6.45) is 1.70. The lowest BCUT2D eigenvalue weighted by Gasteiger charge is -2.05. The Balaban J connectivity index is 2.07. The Morgan fingerprint density at radius 1 is 1.29 bits per heavy atom. The summed E-state index contributed by atoms with van der Waals surface area (Å²) in [6, 6.07) is 7.97. The predicted molar refractivity (Wildman–Crippen MR) is 69.6 cm³/mol. The first kappa shape index (κ1) is 12.2. The van der Waals surface area contributed by atoms with Crippen molar-refractivity contribution in [1.29, 1.82) is 0 Å². The summed E-state index contributed by atoms with van der Waals surface area (Å²) in [5.74, 6) is 0.397. The highest BCUT2D eigenvalue weighted by atomic mass is 35.5. The lowest BCUT2D eigenvalue weighted by molar-refractivity contribution is 0.624. The molecule has 88 valence electrons. The van der Waals surface area contributed by atoms with E-state index in [0.29, 0.717) is 16.6 Å². The molecule has 1 heterocycles. The number of pyridine rings is 1. The monoisotopic (exact) mass is 268 g/mol. The Morgan fingerprint density at radius 2 is 2.12 bits per heavy atom. The van der Waals surface area contributed by atoms with E-state index in [9.17, 15) is 4.39 Å². The predicted octanol–water partition coefficient (Wildman–Crippen LogP) is 3.75. The van der Waals surface area contributed by atoms with Crippen molar-refractivity contribution in [2.24, 2.45) is 0 Å². The molecule has 0 aliphatic carbocycles. The molecule has 2 nitrogen and oxygen atoms in total. The summed E-state index contributed by atoms with van der Waals surface area (Å²) >= 11 is 7.16. The second-order valence-electron chi connectivity index (χ2n) is 3.46. The molecule has 17 heavy (non-hydrogen) atoms. The minimum atomic E-state index is -0.282. The molecule has 2 aromatic rings. The van der Waals surface area contributed by atoms with E-state index in [1.54, 1.807) is 18.3 Å². The smallest absolute Gasteiger partial charge is 0.129 e. The number of rotatable bonds is 3. The third kappa shape index (κ3) is 3.35. The molecule has 0 unspecified atom stereocenters. The molecule has 0 aliphatic rings. The van der Waals surface area contributed by atoms with Crippen molar-refractivity contribution < 1.29 is 4.39 Å². The number of nitrogen functional groups attached to an aromatic ring is 1. The lowest BCUT2D eigenvalue weighted by Crippen LogP contribution is -1.90. The normalized spacial score (nSPS) is 10.5. The van der Waals surface area contributed by atoms with Gasteiger partial charge in [-0.1, -0.05) is 17.7 Å². The van der Waals surface area contributed by atoms with Crippen molar-refractivity contribution in [3.63, 3.8) is 0 Å². The summed E-state index contributed by atoms with van der Waals surface area (Å²) < 4.78 is 13.0. The molecule has 2 N–H and O–H groups in total. The van der Waals surface area contributed by atoms with Gasteiger partial charge in [0.05, 0.1) is 0 Å². The van der Waals surface area contributed by atoms with E-state index in [0.717, 1.165) is 10.5 Å². The Morgan fingerprint density at radius 3 is 2.82 bits per heavy atom. The fourth-order valence-corrected chi connectivity index (χ4v) is 2.32. The van der Waals surface area contributed by atoms with Gasteiger partial charge in [0.25, 0.3) is 0 Å². The van der Waals surface area contributed by atoms with Gasteiger partial charge in [0.2, 0.25) is 0 Å². The highest BCUT2D eigenvalue weighted by molar-refractivity contribution is 7.98. The SMILES string of the molecule is Nc1ccc(F)cc1SCc1ccc(Cl)nc1. The van der Waals surface area contributed by atoms with Crippen LogP contribution in [0.3, 0.4) is 0 Å². The summed E-state index contributed by atoms with van der Waals surface area (Å²) in [7, 11) is 0. The number of hydrogen-bond acceptors (Lipinski definition) is 3. The number of anilines is 1. The van der Waals surface area contributed by atoms with E-state index in [1.165, 1.54) is 23.9 Å². The van der Waals surface area contributed by atoms with Crippen LogP contribution in [0, 0.1) is 5.82 Å². The molecular weight excluding hydrogens is 259 g/mol. The topological polar surface area (TPSA) is 38.9 Å². The van der Waals surface area contributed by atoms with Gasteiger partial charge in [-0.3, -0.25) is 0 Å². The molecule has 0 atom stereocenters. The van der Waals surface area contributed by atoms with Crippen molar-refractivity contribution in [1.82, 2.24) is 4.98 Å². The van der Waals surface area contributed by atoms with Gasteiger partial charge in [-0.25, -0.2) is 9.37 Å². The van der Waals surface area contributed by atoms with Crippen LogP contribution in [0.5, 0.6) is 0 Å². The van der Waals surface area contributed by atoms with Gasteiger partial charge in [-0.2, -0.15) is 0 Å². The number of aromatic nitrogens is 1. The largest absolute Gasteiger partial charge is 0.398 e. The van der Waals surface area contributed by atoms with E-state index < -0.39 is 0 Å². The molecule has 0 radical (unpaired) electrons. The summed E-state index contributed by atoms with van der Waals surface area (Å²) in [6.45, 7) is 0. The minimum absolute atomic E-state index is 0.282. The van der Waals surface area contributed by atoms with E-state index in [-0.39, 0.29) is 5.82 Å². The Bertz CT molecular complexity index is 516. The van der Waals surface area contributed by atoms with Crippen molar-refractivity contribution in [2.75, 3.05) is 5.73 Å². The maximum atomic E-state index is 13.0.